The van der Waals surface area contributed by atoms with Crippen molar-refractivity contribution in [3.63, 3.8) is 0 Å². The van der Waals surface area contributed by atoms with Crippen LogP contribution in [0.25, 0.3) is 0 Å². The van der Waals surface area contributed by atoms with E-state index in [9.17, 15) is 14.3 Å². The van der Waals surface area contributed by atoms with Crippen molar-refractivity contribution < 1.29 is 19.0 Å². The third kappa shape index (κ3) is 4.61. The minimum absolute atomic E-state index is 0.150. The van der Waals surface area contributed by atoms with Crippen LogP contribution in [-0.2, 0) is 11.3 Å². The summed E-state index contributed by atoms with van der Waals surface area (Å²) in [5, 5.41) is 11.1. The fraction of sp³-hybridized carbons (Fsp3) is 0.667. The number of benzene rings is 1. The molecule has 27 heavy (non-hydrogen) atoms. The van der Waals surface area contributed by atoms with Crippen molar-refractivity contribution in [2.75, 3.05) is 27.2 Å². The number of carbonyl (C=O) groups is 1. The maximum Gasteiger partial charge on any atom is 0.256 e. The average molecular weight is 378 g/mol. The zero-order valence-electron chi connectivity index (χ0n) is 16.4. The van der Waals surface area contributed by atoms with Gasteiger partial charge in [-0.25, -0.2) is 4.39 Å². The van der Waals surface area contributed by atoms with Crippen LogP contribution in [0.3, 0.4) is 0 Å². The highest BCUT2D eigenvalue weighted by molar-refractivity contribution is 5.86. The number of hydrogen-bond donors (Lipinski definition) is 1. The molecule has 1 aliphatic carbocycles. The van der Waals surface area contributed by atoms with E-state index in [4.69, 9.17) is 4.74 Å². The van der Waals surface area contributed by atoms with Crippen molar-refractivity contribution in [1.82, 2.24) is 9.80 Å². The molecule has 150 valence electrons. The number of likely N-dealkylation sites (tertiary alicyclic amines) is 1. The normalized spacial score (nSPS) is 24.5. The number of likely N-dealkylation sites (N-methyl/N-ethyl adjacent to an activating group) is 1. The standard InChI is InChI=1S/C21H31FN2O3/c1-23(17-7-4-3-5-8-17)15-21(26)11-6-12-24(20(21)25)14-16-13-18(27-2)9-10-19(16)22/h9-10,13,17,26H,3-8,11-12,14-15H2,1-2H3. The van der Waals surface area contributed by atoms with Crippen LogP contribution in [0.2, 0.25) is 0 Å². The van der Waals surface area contributed by atoms with Crippen LogP contribution in [0.5, 0.6) is 5.75 Å². The van der Waals surface area contributed by atoms with E-state index in [2.05, 4.69) is 4.90 Å². The Hall–Kier alpha value is -1.66. The van der Waals surface area contributed by atoms with E-state index in [1.165, 1.54) is 32.4 Å². The summed E-state index contributed by atoms with van der Waals surface area (Å²) in [7, 11) is 3.53. The van der Waals surface area contributed by atoms with Crippen molar-refractivity contribution >= 4 is 5.91 Å². The lowest BCUT2D eigenvalue weighted by Crippen LogP contribution is -2.59. The fourth-order valence-corrected chi connectivity index (χ4v) is 4.43. The minimum atomic E-state index is -1.39. The number of rotatable bonds is 6. The zero-order chi connectivity index (χ0) is 19.4. The van der Waals surface area contributed by atoms with Gasteiger partial charge in [0.1, 0.15) is 11.6 Å². The number of halogens is 1. The Morgan fingerprint density at radius 3 is 2.74 bits per heavy atom. The molecule has 5 nitrogen and oxygen atoms in total. The Morgan fingerprint density at radius 2 is 2.04 bits per heavy atom. The van der Waals surface area contributed by atoms with Crippen LogP contribution >= 0.6 is 0 Å². The van der Waals surface area contributed by atoms with Gasteiger partial charge in [-0.15, -0.1) is 0 Å². The first-order chi connectivity index (χ1) is 12.9. The zero-order valence-corrected chi connectivity index (χ0v) is 16.4. The number of amides is 1. The van der Waals surface area contributed by atoms with Crippen molar-refractivity contribution in [1.29, 1.82) is 0 Å². The first-order valence-corrected chi connectivity index (χ1v) is 9.97. The highest BCUT2D eigenvalue weighted by Crippen LogP contribution is 2.29. The molecule has 0 aromatic heterocycles. The molecule has 1 aliphatic heterocycles. The number of methoxy groups -OCH3 is 1. The van der Waals surface area contributed by atoms with Gasteiger partial charge in [-0.3, -0.25) is 4.79 Å². The Morgan fingerprint density at radius 1 is 1.30 bits per heavy atom. The summed E-state index contributed by atoms with van der Waals surface area (Å²) in [5.41, 5.74) is -0.979. The molecule has 1 aromatic rings. The summed E-state index contributed by atoms with van der Waals surface area (Å²) in [6.07, 6.45) is 7.12. The van der Waals surface area contributed by atoms with Crippen molar-refractivity contribution in [2.24, 2.45) is 0 Å². The van der Waals surface area contributed by atoms with Crippen LogP contribution in [0.4, 0.5) is 4.39 Å². The van der Waals surface area contributed by atoms with E-state index in [0.717, 1.165) is 12.8 Å². The first-order valence-electron chi connectivity index (χ1n) is 9.97. The van der Waals surface area contributed by atoms with Gasteiger partial charge < -0.3 is 19.6 Å². The van der Waals surface area contributed by atoms with Crippen molar-refractivity contribution in [3.8, 4) is 5.75 Å². The summed E-state index contributed by atoms with van der Waals surface area (Å²) in [6.45, 7) is 1.02. The third-order valence-electron chi connectivity index (χ3n) is 6.03. The molecule has 1 atom stereocenters. The van der Waals surface area contributed by atoms with E-state index in [-0.39, 0.29) is 18.3 Å². The van der Waals surface area contributed by atoms with Gasteiger partial charge in [0.25, 0.3) is 5.91 Å². The van der Waals surface area contributed by atoms with Gasteiger partial charge >= 0.3 is 0 Å². The summed E-state index contributed by atoms with van der Waals surface area (Å²) in [4.78, 5) is 16.8. The maximum absolute atomic E-state index is 14.2. The molecular formula is C21H31FN2O3. The lowest BCUT2D eigenvalue weighted by atomic mass is 9.88. The summed E-state index contributed by atoms with van der Waals surface area (Å²) in [5.74, 6) is -0.0983. The van der Waals surface area contributed by atoms with Gasteiger partial charge in [0.05, 0.1) is 7.11 Å². The van der Waals surface area contributed by atoms with E-state index in [1.54, 1.807) is 17.0 Å². The Bertz CT molecular complexity index is 663. The van der Waals surface area contributed by atoms with E-state index in [1.807, 2.05) is 7.05 Å². The smallest absolute Gasteiger partial charge is 0.256 e. The van der Waals surface area contributed by atoms with Gasteiger partial charge in [0, 0.05) is 31.2 Å². The monoisotopic (exact) mass is 378 g/mol. The second-order valence-corrected chi connectivity index (χ2v) is 8.03. The fourth-order valence-electron chi connectivity index (χ4n) is 4.43. The molecule has 1 heterocycles. The summed E-state index contributed by atoms with van der Waals surface area (Å²) in [6, 6.07) is 4.96. The topological polar surface area (TPSA) is 53.0 Å². The van der Waals surface area contributed by atoms with Crippen LogP contribution in [0.1, 0.15) is 50.5 Å². The van der Waals surface area contributed by atoms with Crippen LogP contribution in [0.15, 0.2) is 18.2 Å². The molecule has 1 saturated heterocycles. The molecule has 0 spiro atoms. The molecule has 2 fully saturated rings. The van der Waals surface area contributed by atoms with E-state index >= 15 is 0 Å². The minimum Gasteiger partial charge on any atom is -0.497 e. The Balaban J connectivity index is 1.69. The lowest BCUT2D eigenvalue weighted by molar-refractivity contribution is -0.160. The number of piperidine rings is 1. The average Bonchev–Trinajstić information content (AvgIpc) is 2.68. The molecule has 2 aliphatic rings. The highest BCUT2D eigenvalue weighted by Gasteiger charge is 2.43. The maximum atomic E-state index is 14.2. The Kier molecular flexibility index (Phi) is 6.37. The predicted octanol–water partition coefficient (Wildman–Crippen LogP) is 2.95. The first kappa shape index (κ1) is 20.1. The van der Waals surface area contributed by atoms with Crippen molar-refractivity contribution in [3.05, 3.63) is 29.6 Å². The number of carbonyl (C=O) groups excluding carboxylic acids is 1. The second kappa shape index (κ2) is 8.57. The number of nitrogens with zero attached hydrogens (tertiary/aromatic N) is 2. The summed E-state index contributed by atoms with van der Waals surface area (Å²) >= 11 is 0. The van der Waals surface area contributed by atoms with Gasteiger partial charge in [0.2, 0.25) is 0 Å². The highest BCUT2D eigenvalue weighted by atomic mass is 19.1. The van der Waals surface area contributed by atoms with Crippen LogP contribution in [-0.4, -0.2) is 59.7 Å². The Labute approximate surface area is 161 Å². The van der Waals surface area contributed by atoms with Crippen molar-refractivity contribution in [2.45, 2.75) is 63.1 Å². The van der Waals surface area contributed by atoms with E-state index < -0.39 is 5.60 Å². The quantitative estimate of drug-likeness (QED) is 0.827. The lowest BCUT2D eigenvalue weighted by Gasteiger charge is -2.42. The van der Waals surface area contributed by atoms with Crippen LogP contribution in [0, 0.1) is 5.82 Å². The molecule has 1 amide bonds. The molecule has 1 unspecified atom stereocenters. The molecule has 0 radical (unpaired) electrons. The summed E-state index contributed by atoms with van der Waals surface area (Å²) < 4.78 is 19.3. The number of ether oxygens (including phenoxy) is 1. The molecule has 1 saturated carbocycles. The van der Waals surface area contributed by atoms with Gasteiger partial charge in [-0.05, 0) is 50.9 Å². The SMILES string of the molecule is COc1ccc(F)c(CN2CCCC(O)(CN(C)C3CCCCC3)C2=O)c1. The van der Waals surface area contributed by atoms with E-state index in [0.29, 0.717) is 43.3 Å². The predicted molar refractivity (Wildman–Crippen MR) is 102 cm³/mol. The molecule has 1 N–H and O–H groups in total. The second-order valence-electron chi connectivity index (χ2n) is 8.03. The molecule has 1 aromatic carbocycles. The molecular weight excluding hydrogens is 347 g/mol. The largest absolute Gasteiger partial charge is 0.497 e. The third-order valence-corrected chi connectivity index (χ3v) is 6.03. The van der Waals surface area contributed by atoms with Gasteiger partial charge in [-0.1, -0.05) is 19.3 Å². The van der Waals surface area contributed by atoms with Crippen LogP contribution < -0.4 is 4.74 Å². The number of hydrogen-bond acceptors (Lipinski definition) is 4. The molecule has 6 heteroatoms. The van der Waals surface area contributed by atoms with Gasteiger partial charge in [0.15, 0.2) is 5.60 Å². The number of aliphatic hydroxyl groups is 1. The molecule has 0 bridgehead atoms. The van der Waals surface area contributed by atoms with Gasteiger partial charge in [-0.2, -0.15) is 0 Å². The molecule has 3 rings (SSSR count).